The normalized spacial score (nSPS) is 11.0. The third-order valence-corrected chi connectivity index (χ3v) is 5.75. The van der Waals surface area contributed by atoms with Crippen LogP contribution in [0.5, 0.6) is 5.75 Å². The molecule has 0 saturated heterocycles. The molecule has 0 radical (unpaired) electrons. The Kier molecular flexibility index (Phi) is 7.16. The number of ether oxygens (including phenoxy) is 2. The van der Waals surface area contributed by atoms with E-state index in [-0.39, 0.29) is 22.9 Å². The lowest BCUT2D eigenvalue weighted by Crippen LogP contribution is -2.36. The number of anilines is 1. The van der Waals surface area contributed by atoms with E-state index in [1.165, 1.54) is 31.2 Å². The standard InChI is InChI=1S/C19H22N2O7S/c1-4-27-16-9-7-15(8-10-16)20(13-19(22)28-5-2)29(25,26)17-11-6-14(3)18(12-17)21(23)24/h6-12H,4-5,13H2,1-3H3. The van der Waals surface area contributed by atoms with Gasteiger partial charge in [-0.25, -0.2) is 8.42 Å². The number of nitro benzene ring substituents is 1. The maximum Gasteiger partial charge on any atom is 0.326 e. The van der Waals surface area contributed by atoms with E-state index in [0.29, 0.717) is 17.9 Å². The Balaban J connectivity index is 2.53. The van der Waals surface area contributed by atoms with Gasteiger partial charge in [0.15, 0.2) is 0 Å². The smallest absolute Gasteiger partial charge is 0.326 e. The lowest BCUT2D eigenvalue weighted by molar-refractivity contribution is -0.385. The Labute approximate surface area is 169 Å². The molecule has 10 heteroatoms. The summed E-state index contributed by atoms with van der Waals surface area (Å²) in [5.74, 6) is -0.206. The van der Waals surface area contributed by atoms with E-state index in [1.807, 2.05) is 6.92 Å². The highest BCUT2D eigenvalue weighted by atomic mass is 32.2. The number of carbonyl (C=O) groups excluding carboxylic acids is 1. The Morgan fingerprint density at radius 2 is 1.76 bits per heavy atom. The molecule has 0 unspecified atom stereocenters. The highest BCUT2D eigenvalue weighted by Crippen LogP contribution is 2.29. The Hall–Kier alpha value is -3.14. The minimum absolute atomic E-state index is 0.0893. The van der Waals surface area contributed by atoms with Crippen molar-refractivity contribution in [3.05, 3.63) is 58.1 Å². The molecule has 0 bridgehead atoms. The van der Waals surface area contributed by atoms with Gasteiger partial charge in [-0.2, -0.15) is 0 Å². The van der Waals surface area contributed by atoms with Gasteiger partial charge in [0.2, 0.25) is 0 Å². The molecule has 156 valence electrons. The lowest BCUT2D eigenvalue weighted by Gasteiger charge is -2.24. The molecule has 0 aliphatic rings. The molecule has 2 aromatic carbocycles. The van der Waals surface area contributed by atoms with Gasteiger partial charge in [0.05, 0.1) is 28.7 Å². The number of nitrogens with zero attached hydrogens (tertiary/aromatic N) is 2. The van der Waals surface area contributed by atoms with Gasteiger partial charge in [0.25, 0.3) is 15.7 Å². The van der Waals surface area contributed by atoms with Crippen LogP contribution in [-0.2, 0) is 19.6 Å². The molecule has 0 atom stereocenters. The van der Waals surface area contributed by atoms with Crippen molar-refractivity contribution in [2.75, 3.05) is 24.1 Å². The second kappa shape index (κ2) is 9.37. The zero-order valence-electron chi connectivity index (χ0n) is 16.3. The maximum atomic E-state index is 13.2. The first-order valence-electron chi connectivity index (χ1n) is 8.87. The summed E-state index contributed by atoms with van der Waals surface area (Å²) in [6.07, 6.45) is 0. The predicted octanol–water partition coefficient (Wildman–Crippen LogP) is 3.06. The monoisotopic (exact) mass is 422 g/mol. The van der Waals surface area contributed by atoms with Crippen LogP contribution in [0.15, 0.2) is 47.4 Å². The van der Waals surface area contributed by atoms with Crippen LogP contribution in [0.25, 0.3) is 0 Å². The van der Waals surface area contributed by atoms with Crippen LogP contribution >= 0.6 is 0 Å². The molecule has 9 nitrogen and oxygen atoms in total. The van der Waals surface area contributed by atoms with Crippen LogP contribution in [0, 0.1) is 17.0 Å². The summed E-state index contributed by atoms with van der Waals surface area (Å²) in [7, 11) is -4.28. The number of carbonyl (C=O) groups is 1. The van der Waals surface area contributed by atoms with E-state index in [1.54, 1.807) is 19.1 Å². The van der Waals surface area contributed by atoms with Gasteiger partial charge in [-0.05, 0) is 51.1 Å². The SMILES string of the molecule is CCOC(=O)CN(c1ccc(OCC)cc1)S(=O)(=O)c1ccc(C)c([N+](=O)[O-])c1. The molecule has 0 aliphatic carbocycles. The van der Waals surface area contributed by atoms with Gasteiger partial charge in [-0.3, -0.25) is 19.2 Å². The van der Waals surface area contributed by atoms with Crippen molar-refractivity contribution in [3.8, 4) is 5.75 Å². The molecule has 2 rings (SSSR count). The summed E-state index contributed by atoms with van der Waals surface area (Å²) in [6, 6.07) is 9.73. The maximum absolute atomic E-state index is 13.2. The van der Waals surface area contributed by atoms with E-state index in [2.05, 4.69) is 0 Å². The van der Waals surface area contributed by atoms with Gasteiger partial charge in [-0.15, -0.1) is 0 Å². The van der Waals surface area contributed by atoms with E-state index < -0.39 is 27.5 Å². The first kappa shape index (κ1) is 22.2. The topological polar surface area (TPSA) is 116 Å². The van der Waals surface area contributed by atoms with Crippen LogP contribution in [0.3, 0.4) is 0 Å². The average Bonchev–Trinajstić information content (AvgIpc) is 2.67. The summed E-state index contributed by atoms with van der Waals surface area (Å²) in [4.78, 5) is 22.3. The zero-order chi connectivity index (χ0) is 21.6. The Morgan fingerprint density at radius 3 is 2.31 bits per heavy atom. The number of aryl methyl sites for hydroxylation is 1. The van der Waals surface area contributed by atoms with E-state index in [4.69, 9.17) is 9.47 Å². The summed E-state index contributed by atoms with van der Waals surface area (Å²) in [6.45, 7) is 4.89. The van der Waals surface area contributed by atoms with Gasteiger partial charge < -0.3 is 9.47 Å². The third kappa shape index (κ3) is 5.23. The number of rotatable bonds is 9. The van der Waals surface area contributed by atoms with E-state index >= 15 is 0 Å². The van der Waals surface area contributed by atoms with Crippen molar-refractivity contribution in [1.29, 1.82) is 0 Å². The van der Waals surface area contributed by atoms with Gasteiger partial charge in [0.1, 0.15) is 12.3 Å². The fourth-order valence-electron chi connectivity index (χ4n) is 2.59. The van der Waals surface area contributed by atoms with Crippen LogP contribution in [-0.4, -0.2) is 39.1 Å². The molecule has 0 N–H and O–H groups in total. The molecule has 0 spiro atoms. The number of sulfonamides is 1. The molecule has 0 amide bonds. The minimum atomic E-state index is -4.28. The summed E-state index contributed by atoms with van der Waals surface area (Å²) < 4.78 is 37.6. The Morgan fingerprint density at radius 1 is 1.10 bits per heavy atom. The first-order valence-corrected chi connectivity index (χ1v) is 10.3. The second-order valence-corrected chi connectivity index (χ2v) is 7.81. The number of benzene rings is 2. The molecule has 0 aromatic heterocycles. The molecule has 0 heterocycles. The summed E-state index contributed by atoms with van der Waals surface area (Å²) >= 11 is 0. The fraction of sp³-hybridized carbons (Fsp3) is 0.316. The number of hydrogen-bond donors (Lipinski definition) is 0. The van der Waals surface area contributed by atoms with Crippen LogP contribution in [0.2, 0.25) is 0 Å². The molecule has 29 heavy (non-hydrogen) atoms. The minimum Gasteiger partial charge on any atom is -0.494 e. The summed E-state index contributed by atoms with van der Waals surface area (Å²) in [5.41, 5.74) is 0.200. The van der Waals surface area contributed by atoms with Crippen molar-refractivity contribution in [3.63, 3.8) is 0 Å². The van der Waals surface area contributed by atoms with E-state index in [9.17, 15) is 23.3 Å². The van der Waals surface area contributed by atoms with Gasteiger partial charge in [0, 0.05) is 11.6 Å². The van der Waals surface area contributed by atoms with Crippen molar-refractivity contribution >= 4 is 27.4 Å². The van der Waals surface area contributed by atoms with Crippen molar-refractivity contribution in [1.82, 2.24) is 0 Å². The van der Waals surface area contributed by atoms with Crippen LogP contribution < -0.4 is 9.04 Å². The highest BCUT2D eigenvalue weighted by Gasteiger charge is 2.29. The van der Waals surface area contributed by atoms with Crippen LogP contribution in [0.1, 0.15) is 19.4 Å². The van der Waals surface area contributed by atoms with Crippen molar-refractivity contribution in [2.45, 2.75) is 25.7 Å². The van der Waals surface area contributed by atoms with Crippen LogP contribution in [0.4, 0.5) is 11.4 Å². The molecule has 0 aliphatic heterocycles. The number of nitro groups is 1. The second-order valence-electron chi connectivity index (χ2n) is 5.95. The summed E-state index contributed by atoms with van der Waals surface area (Å²) in [5, 5.41) is 11.2. The van der Waals surface area contributed by atoms with Crippen molar-refractivity contribution < 1.29 is 27.6 Å². The molecule has 2 aromatic rings. The largest absolute Gasteiger partial charge is 0.494 e. The number of esters is 1. The average molecular weight is 422 g/mol. The lowest BCUT2D eigenvalue weighted by atomic mass is 10.2. The molecule has 0 fully saturated rings. The Bertz CT molecular complexity index is 988. The molecule has 0 saturated carbocycles. The molecular formula is C19H22N2O7S. The highest BCUT2D eigenvalue weighted by molar-refractivity contribution is 7.92. The fourth-order valence-corrected chi connectivity index (χ4v) is 4.02. The van der Waals surface area contributed by atoms with Gasteiger partial charge in [-0.1, -0.05) is 6.07 Å². The first-order chi connectivity index (χ1) is 13.7. The third-order valence-electron chi connectivity index (χ3n) is 3.98. The predicted molar refractivity (Wildman–Crippen MR) is 107 cm³/mol. The quantitative estimate of drug-likeness (QED) is 0.346. The molecular weight excluding hydrogens is 400 g/mol. The van der Waals surface area contributed by atoms with E-state index in [0.717, 1.165) is 10.4 Å². The van der Waals surface area contributed by atoms with Crippen molar-refractivity contribution in [2.24, 2.45) is 0 Å². The number of hydrogen-bond acceptors (Lipinski definition) is 7. The zero-order valence-corrected chi connectivity index (χ0v) is 17.1. The van der Waals surface area contributed by atoms with Gasteiger partial charge >= 0.3 is 5.97 Å².